The van der Waals surface area contributed by atoms with E-state index >= 15 is 0 Å². The first-order valence-electron chi connectivity index (χ1n) is 7.92. The van der Waals surface area contributed by atoms with Gasteiger partial charge in [0.1, 0.15) is 11.8 Å². The van der Waals surface area contributed by atoms with Crippen LogP contribution in [0.3, 0.4) is 0 Å². The minimum atomic E-state index is -1.40. The van der Waals surface area contributed by atoms with E-state index in [1.807, 2.05) is 0 Å². The largest absolute Gasteiger partial charge is 0.480 e. The van der Waals surface area contributed by atoms with Gasteiger partial charge in [0.25, 0.3) is 5.91 Å². The standard InChI is InChI=1S/C18H15FN2O7/c1-10(22)28-13-5-3-12(4-6-13)17(23)20-15(18(24)25)8-11-2-7-14(19)16(9-11)21(26)27/h2-7,9,15H,8H2,1H3,(H,20,23)(H,24,25)/t15-/m1/s1. The Bertz CT molecular complexity index is 928. The van der Waals surface area contributed by atoms with Crippen molar-refractivity contribution in [1.29, 1.82) is 0 Å². The summed E-state index contributed by atoms with van der Waals surface area (Å²) in [7, 11) is 0. The summed E-state index contributed by atoms with van der Waals surface area (Å²) in [4.78, 5) is 44.5. The maximum absolute atomic E-state index is 13.4. The average Bonchev–Trinajstić information content (AvgIpc) is 2.62. The van der Waals surface area contributed by atoms with Crippen molar-refractivity contribution in [2.24, 2.45) is 0 Å². The Morgan fingerprint density at radius 1 is 1.21 bits per heavy atom. The molecule has 0 aliphatic heterocycles. The highest BCUT2D eigenvalue weighted by Gasteiger charge is 2.23. The fraction of sp³-hybridized carbons (Fsp3) is 0.167. The molecule has 2 rings (SSSR count). The number of nitro benzene ring substituents is 1. The molecule has 0 saturated heterocycles. The number of aliphatic carboxylic acids is 1. The third-order valence-electron chi connectivity index (χ3n) is 3.63. The van der Waals surface area contributed by atoms with Crippen LogP contribution in [0.2, 0.25) is 0 Å². The van der Waals surface area contributed by atoms with Crippen molar-refractivity contribution in [3.8, 4) is 5.75 Å². The van der Waals surface area contributed by atoms with Gasteiger partial charge in [0.15, 0.2) is 0 Å². The first kappa shape index (κ1) is 20.5. The third kappa shape index (κ3) is 5.34. The van der Waals surface area contributed by atoms with Gasteiger partial charge in [-0.25, -0.2) is 4.79 Å². The van der Waals surface area contributed by atoms with Gasteiger partial charge in [0.05, 0.1) is 4.92 Å². The summed E-state index contributed by atoms with van der Waals surface area (Å²) in [6, 6.07) is 7.02. The topological polar surface area (TPSA) is 136 Å². The number of benzene rings is 2. The molecule has 1 amide bonds. The highest BCUT2D eigenvalue weighted by molar-refractivity contribution is 5.96. The number of nitro groups is 1. The van der Waals surface area contributed by atoms with E-state index in [0.717, 1.165) is 12.1 Å². The van der Waals surface area contributed by atoms with E-state index in [1.165, 1.54) is 37.3 Å². The summed E-state index contributed by atoms with van der Waals surface area (Å²) in [5.41, 5.74) is -0.493. The summed E-state index contributed by atoms with van der Waals surface area (Å²) in [5, 5.41) is 22.4. The van der Waals surface area contributed by atoms with E-state index in [-0.39, 0.29) is 23.3 Å². The van der Waals surface area contributed by atoms with Crippen LogP contribution in [0.4, 0.5) is 10.1 Å². The van der Waals surface area contributed by atoms with Gasteiger partial charge in [0, 0.05) is 25.0 Å². The number of rotatable bonds is 7. The van der Waals surface area contributed by atoms with Gasteiger partial charge < -0.3 is 15.2 Å². The van der Waals surface area contributed by atoms with Crippen LogP contribution in [0.15, 0.2) is 42.5 Å². The molecule has 1 atom stereocenters. The lowest BCUT2D eigenvalue weighted by Gasteiger charge is -2.15. The Balaban J connectivity index is 2.13. The number of nitrogens with zero attached hydrogens (tertiary/aromatic N) is 1. The van der Waals surface area contributed by atoms with E-state index < -0.39 is 40.3 Å². The molecule has 0 heterocycles. The lowest BCUT2D eigenvalue weighted by Crippen LogP contribution is -2.42. The normalized spacial score (nSPS) is 11.4. The molecule has 0 aromatic heterocycles. The predicted molar refractivity (Wildman–Crippen MR) is 93.4 cm³/mol. The Kier molecular flexibility index (Phi) is 6.38. The number of hydrogen-bond acceptors (Lipinski definition) is 6. The van der Waals surface area contributed by atoms with Crippen LogP contribution in [0.25, 0.3) is 0 Å². The van der Waals surface area contributed by atoms with E-state index in [0.29, 0.717) is 0 Å². The number of halogens is 1. The molecule has 0 fully saturated rings. The summed E-state index contributed by atoms with van der Waals surface area (Å²) < 4.78 is 18.2. The summed E-state index contributed by atoms with van der Waals surface area (Å²) in [6.45, 7) is 1.22. The van der Waals surface area contributed by atoms with Crippen LogP contribution in [0, 0.1) is 15.9 Å². The van der Waals surface area contributed by atoms with Crippen LogP contribution >= 0.6 is 0 Å². The molecule has 0 aliphatic carbocycles. The first-order chi connectivity index (χ1) is 13.2. The lowest BCUT2D eigenvalue weighted by atomic mass is 10.0. The molecule has 0 bridgehead atoms. The number of hydrogen-bond donors (Lipinski definition) is 2. The van der Waals surface area contributed by atoms with Crippen molar-refractivity contribution < 1.29 is 33.5 Å². The second kappa shape index (κ2) is 8.71. The monoisotopic (exact) mass is 390 g/mol. The van der Waals surface area contributed by atoms with Gasteiger partial charge in [-0.15, -0.1) is 0 Å². The van der Waals surface area contributed by atoms with Crippen molar-refractivity contribution >= 4 is 23.5 Å². The lowest BCUT2D eigenvalue weighted by molar-refractivity contribution is -0.387. The second-order valence-corrected chi connectivity index (χ2v) is 5.73. The highest BCUT2D eigenvalue weighted by Crippen LogP contribution is 2.20. The van der Waals surface area contributed by atoms with Crippen molar-refractivity contribution in [2.75, 3.05) is 0 Å². The number of amides is 1. The molecular weight excluding hydrogens is 375 g/mol. The minimum Gasteiger partial charge on any atom is -0.480 e. The van der Waals surface area contributed by atoms with Crippen molar-refractivity contribution in [3.63, 3.8) is 0 Å². The zero-order valence-electron chi connectivity index (χ0n) is 14.5. The zero-order chi connectivity index (χ0) is 20.8. The molecule has 146 valence electrons. The van der Waals surface area contributed by atoms with Gasteiger partial charge in [0.2, 0.25) is 5.82 Å². The SMILES string of the molecule is CC(=O)Oc1ccc(C(=O)N[C@H](Cc2ccc(F)c([N+](=O)[O-])c2)C(=O)O)cc1. The van der Waals surface area contributed by atoms with Gasteiger partial charge in [-0.1, -0.05) is 6.07 Å². The summed E-state index contributed by atoms with van der Waals surface area (Å²) >= 11 is 0. The summed E-state index contributed by atoms with van der Waals surface area (Å²) in [5.74, 6) is -3.43. The van der Waals surface area contributed by atoms with E-state index in [9.17, 15) is 34.0 Å². The zero-order valence-corrected chi connectivity index (χ0v) is 14.5. The molecule has 28 heavy (non-hydrogen) atoms. The van der Waals surface area contributed by atoms with Crippen molar-refractivity contribution in [2.45, 2.75) is 19.4 Å². The molecule has 0 saturated carbocycles. The van der Waals surface area contributed by atoms with Crippen molar-refractivity contribution in [1.82, 2.24) is 5.32 Å². The fourth-order valence-electron chi connectivity index (χ4n) is 2.34. The number of ether oxygens (including phenoxy) is 1. The number of carboxylic acids is 1. The van der Waals surface area contributed by atoms with Crippen molar-refractivity contribution in [3.05, 3.63) is 69.5 Å². The Morgan fingerprint density at radius 2 is 1.86 bits per heavy atom. The van der Waals surface area contributed by atoms with E-state index in [2.05, 4.69) is 5.32 Å². The Hall–Kier alpha value is -3.82. The van der Waals surface area contributed by atoms with Gasteiger partial charge >= 0.3 is 17.6 Å². The molecule has 9 nitrogen and oxygen atoms in total. The van der Waals surface area contributed by atoms with Crippen LogP contribution in [-0.2, 0) is 16.0 Å². The van der Waals surface area contributed by atoms with Gasteiger partial charge in [-0.2, -0.15) is 4.39 Å². The average molecular weight is 390 g/mol. The molecule has 2 aromatic carbocycles. The molecule has 2 aromatic rings. The maximum Gasteiger partial charge on any atom is 0.326 e. The van der Waals surface area contributed by atoms with Crippen LogP contribution in [-0.4, -0.2) is 33.9 Å². The van der Waals surface area contributed by atoms with E-state index in [4.69, 9.17) is 4.74 Å². The molecule has 0 unspecified atom stereocenters. The number of carbonyl (C=O) groups is 3. The Morgan fingerprint density at radius 3 is 2.39 bits per heavy atom. The Labute approximate surface area is 157 Å². The van der Waals surface area contributed by atoms with Crippen LogP contribution < -0.4 is 10.1 Å². The number of carbonyl (C=O) groups excluding carboxylic acids is 2. The maximum atomic E-state index is 13.4. The number of carboxylic acid groups (broad SMARTS) is 1. The molecule has 10 heteroatoms. The quantitative estimate of drug-likeness (QED) is 0.320. The molecule has 0 aliphatic rings. The smallest absolute Gasteiger partial charge is 0.326 e. The predicted octanol–water partition coefficient (Wildman–Crippen LogP) is 2.08. The molecule has 2 N–H and O–H groups in total. The fourth-order valence-corrected chi connectivity index (χ4v) is 2.34. The van der Waals surface area contributed by atoms with Gasteiger partial charge in [-0.05, 0) is 35.9 Å². The molecular formula is C18H15FN2O7. The van der Waals surface area contributed by atoms with Crippen LogP contribution in [0.5, 0.6) is 5.75 Å². The van der Waals surface area contributed by atoms with Crippen LogP contribution in [0.1, 0.15) is 22.8 Å². The highest BCUT2D eigenvalue weighted by atomic mass is 19.1. The molecule has 0 spiro atoms. The minimum absolute atomic E-state index is 0.118. The van der Waals surface area contributed by atoms with Gasteiger partial charge in [-0.3, -0.25) is 19.7 Å². The number of nitrogens with one attached hydrogen (secondary N) is 1. The second-order valence-electron chi connectivity index (χ2n) is 5.73. The summed E-state index contributed by atoms with van der Waals surface area (Å²) in [6.07, 6.45) is -0.284. The van der Waals surface area contributed by atoms with E-state index in [1.54, 1.807) is 0 Å². The molecule has 0 radical (unpaired) electrons. The third-order valence-corrected chi connectivity index (χ3v) is 3.63. The first-order valence-corrected chi connectivity index (χ1v) is 7.92. The number of esters is 1.